The number of thiazole rings is 1. The van der Waals surface area contributed by atoms with Gasteiger partial charge in [-0.05, 0) is 105 Å². The second kappa shape index (κ2) is 11.2. The van der Waals surface area contributed by atoms with E-state index in [0.717, 1.165) is 47.9 Å². The van der Waals surface area contributed by atoms with E-state index < -0.39 is 6.29 Å². The van der Waals surface area contributed by atoms with Gasteiger partial charge in [-0.15, -0.1) is 11.3 Å². The monoisotopic (exact) mass is 533 g/mol. The van der Waals surface area contributed by atoms with Gasteiger partial charge in [-0.25, -0.2) is 4.98 Å². The molecule has 1 aromatic heterocycles. The summed E-state index contributed by atoms with van der Waals surface area (Å²) >= 11 is 1.72. The highest BCUT2D eigenvalue weighted by molar-refractivity contribution is 7.09. The first-order valence-electron chi connectivity index (χ1n) is 13.5. The van der Waals surface area contributed by atoms with Crippen molar-refractivity contribution < 1.29 is 14.2 Å². The molecule has 6 nitrogen and oxygen atoms in total. The van der Waals surface area contributed by atoms with Crippen LogP contribution in [-0.2, 0) is 27.4 Å². The lowest BCUT2D eigenvalue weighted by molar-refractivity contribution is -0.155. The van der Waals surface area contributed by atoms with Gasteiger partial charge < -0.3 is 19.1 Å². The van der Waals surface area contributed by atoms with Crippen molar-refractivity contribution in [3.63, 3.8) is 0 Å². The Morgan fingerprint density at radius 2 is 1.58 bits per heavy atom. The Hall–Kier alpha value is -2.74. The lowest BCUT2D eigenvalue weighted by Gasteiger charge is -2.32. The molecule has 1 saturated heterocycles. The van der Waals surface area contributed by atoms with Crippen molar-refractivity contribution in [3.8, 4) is 0 Å². The summed E-state index contributed by atoms with van der Waals surface area (Å²) < 4.78 is 18.2. The van der Waals surface area contributed by atoms with Gasteiger partial charge >= 0.3 is 0 Å². The molecule has 7 heteroatoms. The van der Waals surface area contributed by atoms with Gasteiger partial charge in [-0.1, -0.05) is 12.1 Å². The van der Waals surface area contributed by atoms with E-state index in [0.29, 0.717) is 25.2 Å². The van der Waals surface area contributed by atoms with Crippen LogP contribution in [-0.4, -0.2) is 36.1 Å². The highest BCUT2D eigenvalue weighted by Crippen LogP contribution is 2.36. The molecule has 0 bridgehead atoms. The number of hydrogen-bond donors (Lipinski definition) is 0. The second-order valence-electron chi connectivity index (χ2n) is 10.7. The molecule has 2 aromatic carbocycles. The van der Waals surface area contributed by atoms with Crippen LogP contribution in [0.3, 0.4) is 0 Å². The average molecular weight is 534 g/mol. The van der Waals surface area contributed by atoms with E-state index in [9.17, 15) is 0 Å². The molecule has 38 heavy (non-hydrogen) atoms. The van der Waals surface area contributed by atoms with E-state index >= 15 is 0 Å². The number of aliphatic imine (C=N–C) groups is 1. The molecule has 2 aliphatic rings. The number of likely N-dealkylation sites (tertiary alicyclic amines) is 1. The lowest BCUT2D eigenvalue weighted by atomic mass is 9.89. The first-order chi connectivity index (χ1) is 18.3. The van der Waals surface area contributed by atoms with Crippen molar-refractivity contribution in [1.29, 1.82) is 0 Å². The maximum atomic E-state index is 6.27. The number of hydrogen-bond acceptors (Lipinski definition) is 6. The lowest BCUT2D eigenvalue weighted by Crippen LogP contribution is -2.38. The van der Waals surface area contributed by atoms with E-state index in [1.165, 1.54) is 38.9 Å². The minimum Gasteiger partial charge on any atom is -0.468 e. The number of methoxy groups -OCH3 is 1. The second-order valence-corrected chi connectivity index (χ2v) is 11.6. The number of amidine groups is 1. The Balaban J connectivity index is 1.24. The SMILES string of the molecule is CO/C(=N\c1cc(C)ccc1C)N1CCC(c2nc(C3OCc4c(C)c(C)c(C)c(C)c4CO3)cs2)CC1. The normalized spacial score (nSPS) is 17.4. The number of fused-ring (bicyclic) bond motifs is 1. The summed E-state index contributed by atoms with van der Waals surface area (Å²) in [7, 11) is 1.71. The molecule has 3 aromatic rings. The Morgan fingerprint density at radius 3 is 2.18 bits per heavy atom. The molecule has 1 fully saturated rings. The molecule has 0 amide bonds. The molecule has 0 spiro atoms. The van der Waals surface area contributed by atoms with Crippen LogP contribution < -0.4 is 0 Å². The smallest absolute Gasteiger partial charge is 0.292 e. The minimum absolute atomic E-state index is 0.418. The third-order valence-corrected chi connectivity index (χ3v) is 9.40. The highest BCUT2D eigenvalue weighted by atomic mass is 32.1. The zero-order chi connectivity index (χ0) is 27.0. The summed E-state index contributed by atoms with van der Waals surface area (Å²) in [5, 5.41) is 3.28. The molecule has 0 N–H and O–H groups in total. The topological polar surface area (TPSA) is 56.2 Å². The number of ether oxygens (including phenoxy) is 3. The summed E-state index contributed by atoms with van der Waals surface area (Å²) in [5.41, 5.74) is 12.1. The quantitative estimate of drug-likeness (QED) is 0.262. The van der Waals surface area contributed by atoms with E-state index in [-0.39, 0.29) is 0 Å². The zero-order valence-electron chi connectivity index (χ0n) is 23.7. The predicted molar refractivity (Wildman–Crippen MR) is 153 cm³/mol. The van der Waals surface area contributed by atoms with Gasteiger partial charge in [0.1, 0.15) is 5.69 Å². The molecule has 2 aliphatic heterocycles. The van der Waals surface area contributed by atoms with Crippen molar-refractivity contribution in [2.45, 2.75) is 79.8 Å². The summed E-state index contributed by atoms with van der Waals surface area (Å²) in [6, 6.07) is 7.02. The van der Waals surface area contributed by atoms with Gasteiger partial charge in [0, 0.05) is 24.4 Å². The van der Waals surface area contributed by atoms with Gasteiger partial charge in [-0.3, -0.25) is 0 Å². The van der Waals surface area contributed by atoms with Gasteiger partial charge in [0.2, 0.25) is 6.29 Å². The highest BCUT2D eigenvalue weighted by Gasteiger charge is 2.29. The molecule has 3 heterocycles. The standard InChI is InChI=1S/C31H39N3O3S/c1-18-8-9-19(2)27(14-18)33-31(35-7)34-12-10-24(11-13-34)29-32-28(17-38-29)30-36-15-25-22(5)20(3)21(4)23(6)26(25)16-37-30/h8-9,14,17,24,30H,10-13,15-16H2,1-7H3/b33-31-. The fourth-order valence-electron chi connectivity index (χ4n) is 5.50. The zero-order valence-corrected chi connectivity index (χ0v) is 24.5. The summed E-state index contributed by atoms with van der Waals surface area (Å²) in [6.07, 6.45) is 1.59. The molecular formula is C31H39N3O3S. The van der Waals surface area contributed by atoms with Crippen molar-refractivity contribution in [2.75, 3.05) is 20.2 Å². The number of nitrogens with zero attached hydrogens (tertiary/aromatic N) is 3. The van der Waals surface area contributed by atoms with E-state index in [4.69, 9.17) is 24.2 Å². The molecule has 5 rings (SSSR count). The van der Waals surface area contributed by atoms with E-state index in [1.807, 2.05) is 0 Å². The van der Waals surface area contributed by atoms with Crippen LogP contribution in [0.4, 0.5) is 5.69 Å². The minimum atomic E-state index is -0.434. The fourth-order valence-corrected chi connectivity index (χ4v) is 6.49. The van der Waals surface area contributed by atoms with Crippen LogP contribution in [0.15, 0.2) is 28.6 Å². The van der Waals surface area contributed by atoms with Crippen LogP contribution in [0.2, 0.25) is 0 Å². The summed E-state index contributed by atoms with van der Waals surface area (Å²) in [6.45, 7) is 15.8. The van der Waals surface area contributed by atoms with Gasteiger partial charge in [-0.2, -0.15) is 4.99 Å². The van der Waals surface area contributed by atoms with Gasteiger partial charge in [0.15, 0.2) is 0 Å². The Kier molecular flexibility index (Phi) is 7.89. The molecule has 202 valence electrons. The first-order valence-corrected chi connectivity index (χ1v) is 14.4. The first kappa shape index (κ1) is 26.9. The van der Waals surface area contributed by atoms with Crippen LogP contribution in [0.1, 0.15) is 80.3 Å². The van der Waals surface area contributed by atoms with Crippen LogP contribution in [0.25, 0.3) is 0 Å². The maximum absolute atomic E-state index is 6.27. The number of aryl methyl sites for hydroxylation is 2. The largest absolute Gasteiger partial charge is 0.468 e. The molecule has 0 unspecified atom stereocenters. The fraction of sp³-hybridized carbons (Fsp3) is 0.484. The maximum Gasteiger partial charge on any atom is 0.292 e. The average Bonchev–Trinajstić information content (AvgIpc) is 3.31. The van der Waals surface area contributed by atoms with Crippen LogP contribution >= 0.6 is 11.3 Å². The number of aromatic nitrogens is 1. The van der Waals surface area contributed by atoms with Gasteiger partial charge in [0.25, 0.3) is 6.02 Å². The Bertz CT molecular complexity index is 1320. The Morgan fingerprint density at radius 1 is 0.947 bits per heavy atom. The van der Waals surface area contributed by atoms with Crippen molar-refractivity contribution in [2.24, 2.45) is 4.99 Å². The van der Waals surface area contributed by atoms with Crippen molar-refractivity contribution in [3.05, 3.63) is 78.8 Å². The van der Waals surface area contributed by atoms with Gasteiger partial charge in [0.05, 0.1) is 31.0 Å². The van der Waals surface area contributed by atoms with Crippen molar-refractivity contribution in [1.82, 2.24) is 9.88 Å². The van der Waals surface area contributed by atoms with E-state index in [2.05, 4.69) is 70.0 Å². The molecular weight excluding hydrogens is 494 g/mol. The number of benzene rings is 2. The Labute approximate surface area is 230 Å². The molecule has 0 atom stereocenters. The number of rotatable bonds is 3. The molecule has 0 aliphatic carbocycles. The third-order valence-electron chi connectivity index (χ3n) is 8.37. The summed E-state index contributed by atoms with van der Waals surface area (Å²) in [5.74, 6) is 0.418. The summed E-state index contributed by atoms with van der Waals surface area (Å²) in [4.78, 5) is 12.1. The number of piperidine rings is 1. The van der Waals surface area contributed by atoms with Crippen LogP contribution in [0, 0.1) is 41.5 Å². The predicted octanol–water partition coefficient (Wildman–Crippen LogP) is 7.25. The van der Waals surface area contributed by atoms with Crippen molar-refractivity contribution >= 4 is 23.0 Å². The third kappa shape index (κ3) is 5.24. The molecule has 0 radical (unpaired) electrons. The molecule has 0 saturated carbocycles. The van der Waals surface area contributed by atoms with E-state index in [1.54, 1.807) is 18.4 Å². The van der Waals surface area contributed by atoms with Crippen LogP contribution in [0.5, 0.6) is 0 Å².